The Kier molecular flexibility index (Phi) is 5.78. The lowest BCUT2D eigenvalue weighted by Gasteiger charge is -2.33. The summed E-state index contributed by atoms with van der Waals surface area (Å²) in [6, 6.07) is 2.10. The lowest BCUT2D eigenvalue weighted by Crippen LogP contribution is -2.46. The third kappa shape index (κ3) is 4.61. The zero-order chi connectivity index (χ0) is 16.1. The first-order chi connectivity index (χ1) is 11.2. The van der Waals surface area contributed by atoms with Crippen LogP contribution in [0.4, 0.5) is 0 Å². The fraction of sp³-hybridized carbons (Fsp3) is 0.647. The van der Waals surface area contributed by atoms with Crippen molar-refractivity contribution in [3.05, 3.63) is 24.2 Å². The molecule has 1 atom stereocenters. The maximum atomic E-state index is 12.4. The van der Waals surface area contributed by atoms with Crippen LogP contribution in [0.3, 0.4) is 0 Å². The molecule has 5 nitrogen and oxygen atoms in total. The Bertz CT molecular complexity index is 526. The van der Waals surface area contributed by atoms with Gasteiger partial charge < -0.3 is 9.73 Å². The van der Waals surface area contributed by atoms with Gasteiger partial charge in [-0.15, -0.1) is 0 Å². The number of furan rings is 1. The molecule has 1 N–H and O–H groups in total. The highest BCUT2D eigenvalue weighted by molar-refractivity contribution is 8.14. The van der Waals surface area contributed by atoms with Gasteiger partial charge in [0.2, 0.25) is 11.0 Å². The number of nitrogens with zero attached hydrogens (tertiary/aromatic N) is 1. The van der Waals surface area contributed by atoms with E-state index in [0.717, 1.165) is 37.1 Å². The van der Waals surface area contributed by atoms with Crippen molar-refractivity contribution < 1.29 is 14.0 Å². The SMILES string of the molecule is O=C(CN(Cc1ccoc1)C1CCCCC1)N[C@H]1CCSC1=O. The highest BCUT2D eigenvalue weighted by Crippen LogP contribution is 2.24. The molecule has 0 radical (unpaired) electrons. The van der Waals surface area contributed by atoms with Crippen LogP contribution >= 0.6 is 11.8 Å². The summed E-state index contributed by atoms with van der Waals surface area (Å²) in [5, 5.41) is 3.00. The zero-order valence-corrected chi connectivity index (χ0v) is 14.1. The predicted octanol–water partition coefficient (Wildman–Crippen LogP) is 2.56. The van der Waals surface area contributed by atoms with E-state index in [2.05, 4.69) is 10.2 Å². The highest BCUT2D eigenvalue weighted by atomic mass is 32.2. The van der Waals surface area contributed by atoms with Crippen molar-refractivity contribution in [2.75, 3.05) is 12.3 Å². The maximum absolute atomic E-state index is 12.4. The lowest BCUT2D eigenvalue weighted by atomic mass is 9.94. The predicted molar refractivity (Wildman–Crippen MR) is 90.0 cm³/mol. The molecule has 1 saturated heterocycles. The lowest BCUT2D eigenvalue weighted by molar-refractivity contribution is -0.126. The van der Waals surface area contributed by atoms with Gasteiger partial charge in [0.1, 0.15) is 0 Å². The number of hydrogen-bond donors (Lipinski definition) is 1. The Balaban J connectivity index is 1.59. The number of nitrogens with one attached hydrogen (secondary N) is 1. The Morgan fingerprint density at radius 3 is 2.78 bits per heavy atom. The van der Waals surface area contributed by atoms with Crippen molar-refractivity contribution in [1.82, 2.24) is 10.2 Å². The number of carbonyl (C=O) groups is 2. The number of thioether (sulfide) groups is 1. The number of hydrogen-bond acceptors (Lipinski definition) is 5. The van der Waals surface area contributed by atoms with Crippen molar-refractivity contribution in [3.8, 4) is 0 Å². The number of amides is 1. The smallest absolute Gasteiger partial charge is 0.234 e. The minimum absolute atomic E-state index is 0.0417. The Labute approximate surface area is 141 Å². The first-order valence-electron chi connectivity index (χ1n) is 8.43. The quantitative estimate of drug-likeness (QED) is 0.865. The fourth-order valence-electron chi connectivity index (χ4n) is 3.43. The summed E-state index contributed by atoms with van der Waals surface area (Å²) in [6.07, 6.45) is 10.2. The summed E-state index contributed by atoms with van der Waals surface area (Å²) in [7, 11) is 0. The van der Waals surface area contributed by atoms with Crippen molar-refractivity contribution in [3.63, 3.8) is 0 Å². The van der Waals surface area contributed by atoms with E-state index >= 15 is 0 Å². The van der Waals surface area contributed by atoms with Gasteiger partial charge in [0, 0.05) is 23.9 Å². The summed E-state index contributed by atoms with van der Waals surface area (Å²) in [5.74, 6) is 0.769. The summed E-state index contributed by atoms with van der Waals surface area (Å²) < 4.78 is 5.15. The van der Waals surface area contributed by atoms with Crippen LogP contribution in [0, 0.1) is 0 Å². The van der Waals surface area contributed by atoms with Gasteiger partial charge >= 0.3 is 0 Å². The third-order valence-electron chi connectivity index (χ3n) is 4.67. The minimum Gasteiger partial charge on any atom is -0.472 e. The molecule has 1 aromatic rings. The van der Waals surface area contributed by atoms with Crippen LogP contribution in [0.25, 0.3) is 0 Å². The molecule has 3 rings (SSSR count). The Morgan fingerprint density at radius 1 is 1.30 bits per heavy atom. The standard InChI is InChI=1S/C17H24N2O3S/c20-16(18-15-7-9-23-17(15)21)11-19(10-13-6-8-22-12-13)14-4-2-1-3-5-14/h6,8,12,14-15H,1-5,7,9-11H2,(H,18,20)/t15-/m0/s1. The molecule has 2 aliphatic rings. The van der Waals surface area contributed by atoms with Gasteiger partial charge in [-0.2, -0.15) is 0 Å². The van der Waals surface area contributed by atoms with Crippen LogP contribution < -0.4 is 5.32 Å². The normalized spacial score (nSPS) is 22.7. The molecule has 6 heteroatoms. The van der Waals surface area contributed by atoms with E-state index in [9.17, 15) is 9.59 Å². The summed E-state index contributed by atoms with van der Waals surface area (Å²) in [4.78, 5) is 26.3. The molecule has 1 amide bonds. The molecule has 0 unspecified atom stereocenters. The van der Waals surface area contributed by atoms with Crippen molar-refractivity contribution in [2.45, 2.75) is 57.2 Å². The number of rotatable bonds is 6. The molecule has 126 valence electrons. The van der Waals surface area contributed by atoms with E-state index in [1.165, 1.54) is 31.0 Å². The van der Waals surface area contributed by atoms with Crippen molar-refractivity contribution in [2.24, 2.45) is 0 Å². The summed E-state index contributed by atoms with van der Waals surface area (Å²) >= 11 is 1.32. The van der Waals surface area contributed by atoms with Gasteiger partial charge in [0.25, 0.3) is 0 Å². The minimum atomic E-state index is -0.297. The highest BCUT2D eigenvalue weighted by Gasteiger charge is 2.29. The van der Waals surface area contributed by atoms with Crippen LogP contribution in [-0.2, 0) is 16.1 Å². The second-order valence-electron chi connectivity index (χ2n) is 6.40. The molecule has 2 fully saturated rings. The first-order valence-corrected chi connectivity index (χ1v) is 9.42. The van der Waals surface area contributed by atoms with E-state index in [1.807, 2.05) is 6.07 Å². The Morgan fingerprint density at radius 2 is 2.13 bits per heavy atom. The van der Waals surface area contributed by atoms with Gasteiger partial charge in [-0.25, -0.2) is 0 Å². The molecule has 2 heterocycles. The monoisotopic (exact) mass is 336 g/mol. The van der Waals surface area contributed by atoms with E-state index in [-0.39, 0.29) is 17.1 Å². The zero-order valence-electron chi connectivity index (χ0n) is 13.3. The van der Waals surface area contributed by atoms with E-state index < -0.39 is 0 Å². The molecular formula is C17H24N2O3S. The van der Waals surface area contributed by atoms with Crippen LogP contribution in [-0.4, -0.2) is 40.3 Å². The van der Waals surface area contributed by atoms with Crippen molar-refractivity contribution in [1.29, 1.82) is 0 Å². The molecule has 1 aromatic heterocycles. The summed E-state index contributed by atoms with van der Waals surface area (Å²) in [5.41, 5.74) is 1.09. The fourth-order valence-corrected chi connectivity index (χ4v) is 4.36. The second kappa shape index (κ2) is 8.02. The molecule has 0 aromatic carbocycles. The van der Waals surface area contributed by atoms with Crippen LogP contribution in [0.2, 0.25) is 0 Å². The Hall–Kier alpha value is -1.27. The molecule has 1 aliphatic carbocycles. The third-order valence-corrected chi connectivity index (χ3v) is 5.68. The average molecular weight is 336 g/mol. The molecule has 0 spiro atoms. The van der Waals surface area contributed by atoms with Gasteiger partial charge in [-0.05, 0) is 25.3 Å². The van der Waals surface area contributed by atoms with Crippen LogP contribution in [0.1, 0.15) is 44.1 Å². The molecule has 23 heavy (non-hydrogen) atoms. The van der Waals surface area contributed by atoms with Gasteiger partial charge in [-0.3, -0.25) is 14.5 Å². The molecule has 1 saturated carbocycles. The molecule has 1 aliphatic heterocycles. The average Bonchev–Trinajstić information content (AvgIpc) is 3.20. The second-order valence-corrected chi connectivity index (χ2v) is 7.50. The number of carbonyl (C=O) groups excluding carboxylic acids is 2. The van der Waals surface area contributed by atoms with Crippen molar-refractivity contribution >= 4 is 22.8 Å². The summed E-state index contributed by atoms with van der Waals surface area (Å²) in [6.45, 7) is 1.08. The first kappa shape index (κ1) is 16.6. The molecule has 0 bridgehead atoms. The largest absolute Gasteiger partial charge is 0.472 e. The molecular weight excluding hydrogens is 312 g/mol. The maximum Gasteiger partial charge on any atom is 0.234 e. The van der Waals surface area contributed by atoms with E-state index in [4.69, 9.17) is 4.42 Å². The van der Waals surface area contributed by atoms with E-state index in [1.54, 1.807) is 12.5 Å². The van der Waals surface area contributed by atoms with E-state index in [0.29, 0.717) is 12.6 Å². The van der Waals surface area contributed by atoms with Crippen LogP contribution in [0.15, 0.2) is 23.0 Å². The van der Waals surface area contributed by atoms with Crippen LogP contribution in [0.5, 0.6) is 0 Å². The topological polar surface area (TPSA) is 62.6 Å². The van der Waals surface area contributed by atoms with Gasteiger partial charge in [0.05, 0.1) is 25.1 Å². The van der Waals surface area contributed by atoms with Gasteiger partial charge in [-0.1, -0.05) is 31.0 Å². The van der Waals surface area contributed by atoms with Gasteiger partial charge in [0.15, 0.2) is 0 Å².